The van der Waals surface area contributed by atoms with Gasteiger partial charge in [0.25, 0.3) is 0 Å². The summed E-state index contributed by atoms with van der Waals surface area (Å²) in [5, 5.41) is 10.1. The standard InChI is InChI=1S/C14H22O2/c1-4-7-11(2)13(15)10-12-8-5-6-9-14(12)16-3/h5-6,8-9,11,13,15H,4,7,10H2,1-3H3. The highest BCUT2D eigenvalue weighted by molar-refractivity contribution is 5.33. The first kappa shape index (κ1) is 13.0. The van der Waals surface area contributed by atoms with Gasteiger partial charge in [-0.25, -0.2) is 0 Å². The number of hydrogen-bond acceptors (Lipinski definition) is 2. The third kappa shape index (κ3) is 3.53. The molecule has 2 nitrogen and oxygen atoms in total. The lowest BCUT2D eigenvalue weighted by Crippen LogP contribution is -2.20. The zero-order valence-electron chi connectivity index (χ0n) is 10.4. The van der Waals surface area contributed by atoms with Crippen LogP contribution < -0.4 is 4.74 Å². The minimum atomic E-state index is -0.281. The summed E-state index contributed by atoms with van der Waals surface area (Å²) in [7, 11) is 1.67. The van der Waals surface area contributed by atoms with Crippen molar-refractivity contribution in [1.82, 2.24) is 0 Å². The summed E-state index contributed by atoms with van der Waals surface area (Å²) < 4.78 is 5.27. The van der Waals surface area contributed by atoms with E-state index in [9.17, 15) is 5.11 Å². The Kier molecular flexibility index (Phi) is 5.33. The Morgan fingerprint density at radius 1 is 1.31 bits per heavy atom. The first-order valence-electron chi connectivity index (χ1n) is 5.99. The molecule has 0 aliphatic rings. The molecule has 2 atom stereocenters. The first-order chi connectivity index (χ1) is 7.69. The molecule has 1 aromatic rings. The van der Waals surface area contributed by atoms with E-state index < -0.39 is 0 Å². The Morgan fingerprint density at radius 2 is 2.00 bits per heavy atom. The van der Waals surface area contributed by atoms with Crippen LogP contribution in [0.25, 0.3) is 0 Å². The van der Waals surface area contributed by atoms with Gasteiger partial charge in [0.2, 0.25) is 0 Å². The quantitative estimate of drug-likeness (QED) is 0.801. The van der Waals surface area contributed by atoms with Crippen LogP contribution in [0.15, 0.2) is 24.3 Å². The molecule has 0 bridgehead atoms. The number of methoxy groups -OCH3 is 1. The molecule has 0 saturated carbocycles. The van der Waals surface area contributed by atoms with Gasteiger partial charge in [-0.3, -0.25) is 0 Å². The van der Waals surface area contributed by atoms with Crippen LogP contribution in [-0.4, -0.2) is 18.3 Å². The van der Waals surface area contributed by atoms with E-state index in [2.05, 4.69) is 13.8 Å². The van der Waals surface area contributed by atoms with Crippen molar-refractivity contribution in [2.45, 2.75) is 39.2 Å². The molecule has 0 aromatic heterocycles. The van der Waals surface area contributed by atoms with Crippen molar-refractivity contribution >= 4 is 0 Å². The molecule has 0 radical (unpaired) electrons. The van der Waals surface area contributed by atoms with E-state index in [0.717, 1.165) is 24.2 Å². The maximum atomic E-state index is 10.1. The predicted octanol–water partition coefficient (Wildman–Crippen LogP) is 3.03. The Hall–Kier alpha value is -1.02. The second-order valence-electron chi connectivity index (χ2n) is 4.35. The highest BCUT2D eigenvalue weighted by atomic mass is 16.5. The lowest BCUT2D eigenvalue weighted by atomic mass is 9.94. The number of aliphatic hydroxyl groups excluding tert-OH is 1. The number of benzene rings is 1. The summed E-state index contributed by atoms with van der Waals surface area (Å²) in [6.45, 7) is 4.25. The second kappa shape index (κ2) is 6.54. The van der Waals surface area contributed by atoms with Gasteiger partial charge in [-0.05, 0) is 24.0 Å². The van der Waals surface area contributed by atoms with Crippen LogP contribution in [0.2, 0.25) is 0 Å². The van der Waals surface area contributed by atoms with Crippen molar-refractivity contribution in [2.75, 3.05) is 7.11 Å². The molecule has 2 heteroatoms. The lowest BCUT2D eigenvalue weighted by molar-refractivity contribution is 0.111. The van der Waals surface area contributed by atoms with Gasteiger partial charge in [-0.1, -0.05) is 38.5 Å². The average Bonchev–Trinajstić information content (AvgIpc) is 2.30. The van der Waals surface area contributed by atoms with E-state index >= 15 is 0 Å². The zero-order valence-corrected chi connectivity index (χ0v) is 10.4. The molecule has 90 valence electrons. The van der Waals surface area contributed by atoms with Crippen LogP contribution >= 0.6 is 0 Å². The van der Waals surface area contributed by atoms with Crippen molar-refractivity contribution in [3.63, 3.8) is 0 Å². The smallest absolute Gasteiger partial charge is 0.122 e. The molecule has 1 rings (SSSR count). The summed E-state index contributed by atoms with van der Waals surface area (Å²) in [4.78, 5) is 0. The van der Waals surface area contributed by atoms with Gasteiger partial charge in [0.15, 0.2) is 0 Å². The van der Waals surface area contributed by atoms with Crippen LogP contribution in [0.5, 0.6) is 5.75 Å². The third-order valence-corrected chi connectivity index (χ3v) is 3.02. The molecule has 0 amide bonds. The van der Waals surface area contributed by atoms with Crippen molar-refractivity contribution in [3.05, 3.63) is 29.8 Å². The van der Waals surface area contributed by atoms with E-state index in [1.165, 1.54) is 0 Å². The molecule has 0 heterocycles. The van der Waals surface area contributed by atoms with E-state index in [1.807, 2.05) is 24.3 Å². The van der Waals surface area contributed by atoms with Gasteiger partial charge in [-0.2, -0.15) is 0 Å². The lowest BCUT2D eigenvalue weighted by Gasteiger charge is -2.19. The van der Waals surface area contributed by atoms with Crippen LogP contribution in [0.3, 0.4) is 0 Å². The molecule has 0 fully saturated rings. The maximum Gasteiger partial charge on any atom is 0.122 e. The van der Waals surface area contributed by atoms with Crippen molar-refractivity contribution in [2.24, 2.45) is 5.92 Å². The van der Waals surface area contributed by atoms with Gasteiger partial charge in [-0.15, -0.1) is 0 Å². The fourth-order valence-electron chi connectivity index (χ4n) is 1.95. The van der Waals surface area contributed by atoms with Crippen molar-refractivity contribution in [3.8, 4) is 5.75 Å². The van der Waals surface area contributed by atoms with Gasteiger partial charge in [0, 0.05) is 6.42 Å². The topological polar surface area (TPSA) is 29.5 Å². The van der Waals surface area contributed by atoms with E-state index in [4.69, 9.17) is 4.74 Å². The average molecular weight is 222 g/mol. The molecule has 0 aliphatic carbocycles. The molecular formula is C14H22O2. The Balaban J connectivity index is 2.64. The number of aliphatic hydroxyl groups is 1. The third-order valence-electron chi connectivity index (χ3n) is 3.02. The fraction of sp³-hybridized carbons (Fsp3) is 0.571. The fourth-order valence-corrected chi connectivity index (χ4v) is 1.95. The Labute approximate surface area is 98.3 Å². The zero-order chi connectivity index (χ0) is 12.0. The maximum absolute atomic E-state index is 10.1. The van der Waals surface area contributed by atoms with Gasteiger partial charge in [0.05, 0.1) is 13.2 Å². The van der Waals surface area contributed by atoms with Gasteiger partial charge in [0.1, 0.15) is 5.75 Å². The minimum Gasteiger partial charge on any atom is -0.496 e. The highest BCUT2D eigenvalue weighted by Crippen LogP contribution is 2.22. The van der Waals surface area contributed by atoms with E-state index in [0.29, 0.717) is 12.3 Å². The van der Waals surface area contributed by atoms with Crippen LogP contribution in [0.1, 0.15) is 32.3 Å². The van der Waals surface area contributed by atoms with Crippen LogP contribution in [0.4, 0.5) is 0 Å². The predicted molar refractivity (Wildman–Crippen MR) is 66.8 cm³/mol. The Morgan fingerprint density at radius 3 is 2.62 bits per heavy atom. The van der Waals surface area contributed by atoms with Gasteiger partial charge < -0.3 is 9.84 Å². The number of ether oxygens (including phenoxy) is 1. The normalized spacial score (nSPS) is 14.5. The summed E-state index contributed by atoms with van der Waals surface area (Å²) in [5.74, 6) is 1.21. The molecule has 1 aromatic carbocycles. The Bertz CT molecular complexity index is 309. The SMILES string of the molecule is CCCC(C)C(O)Cc1ccccc1OC. The highest BCUT2D eigenvalue weighted by Gasteiger charge is 2.15. The number of para-hydroxylation sites is 1. The second-order valence-corrected chi connectivity index (χ2v) is 4.35. The monoisotopic (exact) mass is 222 g/mol. The molecule has 0 aliphatic heterocycles. The first-order valence-corrected chi connectivity index (χ1v) is 5.99. The summed E-state index contributed by atoms with van der Waals surface area (Å²) in [6, 6.07) is 7.88. The summed E-state index contributed by atoms with van der Waals surface area (Å²) in [5.41, 5.74) is 1.08. The molecule has 16 heavy (non-hydrogen) atoms. The van der Waals surface area contributed by atoms with Crippen LogP contribution in [0, 0.1) is 5.92 Å². The molecule has 0 spiro atoms. The van der Waals surface area contributed by atoms with E-state index in [-0.39, 0.29) is 6.10 Å². The molecule has 1 N–H and O–H groups in total. The van der Waals surface area contributed by atoms with Crippen LogP contribution in [-0.2, 0) is 6.42 Å². The molecular weight excluding hydrogens is 200 g/mol. The largest absolute Gasteiger partial charge is 0.496 e. The van der Waals surface area contributed by atoms with Crippen molar-refractivity contribution < 1.29 is 9.84 Å². The minimum absolute atomic E-state index is 0.281. The van der Waals surface area contributed by atoms with Crippen molar-refractivity contribution in [1.29, 1.82) is 0 Å². The molecule has 2 unspecified atom stereocenters. The summed E-state index contributed by atoms with van der Waals surface area (Å²) >= 11 is 0. The van der Waals surface area contributed by atoms with E-state index in [1.54, 1.807) is 7.11 Å². The summed E-state index contributed by atoms with van der Waals surface area (Å²) in [6.07, 6.45) is 2.57. The number of hydrogen-bond donors (Lipinski definition) is 1. The molecule has 0 saturated heterocycles. The number of rotatable bonds is 6. The van der Waals surface area contributed by atoms with Gasteiger partial charge >= 0.3 is 0 Å².